The molecule has 0 radical (unpaired) electrons. The van der Waals surface area contributed by atoms with Crippen LogP contribution in [0.3, 0.4) is 0 Å². The van der Waals surface area contributed by atoms with Crippen LogP contribution < -0.4 is 4.72 Å². The quantitative estimate of drug-likeness (QED) is 0.850. The summed E-state index contributed by atoms with van der Waals surface area (Å²) < 4.78 is 40.3. The molecule has 1 saturated carbocycles. The summed E-state index contributed by atoms with van der Waals surface area (Å²) in [5.41, 5.74) is -2.30. The van der Waals surface area contributed by atoms with Gasteiger partial charge in [0.15, 0.2) is 0 Å². The van der Waals surface area contributed by atoms with Gasteiger partial charge in [-0.3, -0.25) is 4.79 Å². The van der Waals surface area contributed by atoms with Crippen LogP contribution >= 0.6 is 0 Å². The van der Waals surface area contributed by atoms with Gasteiger partial charge < -0.3 is 5.11 Å². The van der Waals surface area contributed by atoms with Crippen LogP contribution in [0.1, 0.15) is 25.3 Å². The number of carboxylic acid groups (broad SMARTS) is 1. The first-order chi connectivity index (χ1) is 9.72. The number of aliphatic carboxylic acids is 1. The number of rotatable bonds is 5. The van der Waals surface area contributed by atoms with Gasteiger partial charge in [0.25, 0.3) is 0 Å². The van der Waals surface area contributed by atoms with E-state index in [0.717, 1.165) is 18.2 Å². The number of nitriles is 1. The highest BCUT2D eigenvalue weighted by atomic mass is 32.2. The van der Waals surface area contributed by atoms with Crippen LogP contribution in [-0.2, 0) is 14.8 Å². The summed E-state index contributed by atoms with van der Waals surface area (Å²) >= 11 is 0. The van der Waals surface area contributed by atoms with E-state index in [4.69, 9.17) is 5.26 Å². The van der Waals surface area contributed by atoms with E-state index in [2.05, 4.69) is 4.72 Å². The van der Waals surface area contributed by atoms with Gasteiger partial charge in [0.2, 0.25) is 10.0 Å². The van der Waals surface area contributed by atoms with E-state index in [-0.39, 0.29) is 5.92 Å². The van der Waals surface area contributed by atoms with Gasteiger partial charge in [0, 0.05) is 0 Å². The molecule has 0 amide bonds. The summed E-state index contributed by atoms with van der Waals surface area (Å²) in [6.07, 6.45) is 1.19. The van der Waals surface area contributed by atoms with Crippen molar-refractivity contribution in [1.82, 2.24) is 4.72 Å². The third-order valence-electron chi connectivity index (χ3n) is 3.56. The molecule has 1 aromatic rings. The fourth-order valence-electron chi connectivity index (χ4n) is 2.13. The Morgan fingerprint density at radius 3 is 2.62 bits per heavy atom. The SMILES string of the molecule is CC(NS(=O)(=O)c1cccc(F)c1C#N)(C(=O)O)C1CC1. The van der Waals surface area contributed by atoms with Crippen LogP contribution in [0.2, 0.25) is 0 Å². The Kier molecular flexibility index (Phi) is 3.74. The van der Waals surface area contributed by atoms with Gasteiger partial charge in [-0.2, -0.15) is 9.98 Å². The third kappa shape index (κ3) is 2.75. The van der Waals surface area contributed by atoms with E-state index in [9.17, 15) is 22.7 Å². The van der Waals surface area contributed by atoms with E-state index in [1.165, 1.54) is 13.0 Å². The second kappa shape index (κ2) is 5.09. The number of sulfonamides is 1. The lowest BCUT2D eigenvalue weighted by atomic mass is 9.98. The molecule has 8 heteroatoms. The first-order valence-electron chi connectivity index (χ1n) is 6.18. The number of carbonyl (C=O) groups is 1. The summed E-state index contributed by atoms with van der Waals surface area (Å²) in [4.78, 5) is 10.8. The lowest BCUT2D eigenvalue weighted by Gasteiger charge is -2.26. The third-order valence-corrected chi connectivity index (χ3v) is 5.17. The van der Waals surface area contributed by atoms with Crippen molar-refractivity contribution in [3.8, 4) is 6.07 Å². The van der Waals surface area contributed by atoms with Crippen molar-refractivity contribution in [2.45, 2.75) is 30.2 Å². The molecule has 0 aromatic heterocycles. The molecule has 1 unspecified atom stereocenters. The van der Waals surface area contributed by atoms with E-state index < -0.39 is 37.8 Å². The Morgan fingerprint density at radius 2 is 2.14 bits per heavy atom. The average Bonchev–Trinajstić information content (AvgIpc) is 3.22. The molecule has 0 heterocycles. The summed E-state index contributed by atoms with van der Waals surface area (Å²) in [5.74, 6) is -2.59. The maximum absolute atomic E-state index is 13.5. The van der Waals surface area contributed by atoms with Crippen LogP contribution in [0.25, 0.3) is 0 Å². The summed E-state index contributed by atoms with van der Waals surface area (Å²) in [6.45, 7) is 1.27. The average molecular weight is 312 g/mol. The highest BCUT2D eigenvalue weighted by Gasteiger charge is 2.50. The Morgan fingerprint density at radius 1 is 1.52 bits per heavy atom. The molecule has 0 bridgehead atoms. The lowest BCUT2D eigenvalue weighted by molar-refractivity contribution is -0.144. The van der Waals surface area contributed by atoms with Crippen LogP contribution in [-0.4, -0.2) is 25.0 Å². The number of nitrogens with zero attached hydrogens (tertiary/aromatic N) is 1. The largest absolute Gasteiger partial charge is 0.480 e. The van der Waals surface area contributed by atoms with Crippen molar-refractivity contribution >= 4 is 16.0 Å². The molecule has 6 nitrogen and oxygen atoms in total. The minimum atomic E-state index is -4.33. The molecule has 1 fully saturated rings. The molecular weight excluding hydrogens is 299 g/mol. The maximum atomic E-state index is 13.5. The highest BCUT2D eigenvalue weighted by Crippen LogP contribution is 2.40. The number of nitrogens with one attached hydrogen (secondary N) is 1. The normalized spacial score (nSPS) is 17.8. The zero-order valence-electron chi connectivity index (χ0n) is 11.1. The Balaban J connectivity index is 2.47. The molecule has 0 spiro atoms. The Labute approximate surface area is 121 Å². The molecule has 1 aromatic carbocycles. The van der Waals surface area contributed by atoms with E-state index in [1.807, 2.05) is 0 Å². The molecule has 2 rings (SSSR count). The maximum Gasteiger partial charge on any atom is 0.324 e. The van der Waals surface area contributed by atoms with Crippen molar-refractivity contribution in [3.05, 3.63) is 29.6 Å². The zero-order chi connectivity index (χ0) is 15.8. The van der Waals surface area contributed by atoms with E-state index >= 15 is 0 Å². The molecule has 1 aliphatic carbocycles. The summed E-state index contributed by atoms with van der Waals surface area (Å²) in [7, 11) is -4.33. The minimum absolute atomic E-state index is 0.316. The van der Waals surface area contributed by atoms with E-state index in [1.54, 1.807) is 0 Å². The molecule has 1 atom stereocenters. The van der Waals surface area contributed by atoms with Crippen molar-refractivity contribution < 1.29 is 22.7 Å². The van der Waals surface area contributed by atoms with Gasteiger partial charge in [-0.05, 0) is 37.8 Å². The van der Waals surface area contributed by atoms with E-state index in [0.29, 0.717) is 12.8 Å². The highest BCUT2D eigenvalue weighted by molar-refractivity contribution is 7.89. The predicted octanol–water partition coefficient (Wildman–Crippen LogP) is 1.23. The van der Waals surface area contributed by atoms with Crippen LogP contribution in [0.15, 0.2) is 23.1 Å². The molecule has 1 aliphatic rings. The van der Waals surface area contributed by atoms with Gasteiger partial charge in [-0.25, -0.2) is 12.8 Å². The zero-order valence-corrected chi connectivity index (χ0v) is 11.9. The summed E-state index contributed by atoms with van der Waals surface area (Å²) in [6, 6.07) is 4.68. The van der Waals surface area contributed by atoms with Gasteiger partial charge in [0.05, 0.1) is 0 Å². The smallest absolute Gasteiger partial charge is 0.324 e. The topological polar surface area (TPSA) is 107 Å². The Hall–Kier alpha value is -1.98. The van der Waals surface area contributed by atoms with Crippen molar-refractivity contribution in [1.29, 1.82) is 5.26 Å². The van der Waals surface area contributed by atoms with Crippen molar-refractivity contribution in [3.63, 3.8) is 0 Å². The van der Waals surface area contributed by atoms with Gasteiger partial charge >= 0.3 is 5.97 Å². The molecule has 0 saturated heterocycles. The number of benzene rings is 1. The van der Waals surface area contributed by atoms with Crippen molar-refractivity contribution in [2.75, 3.05) is 0 Å². The van der Waals surface area contributed by atoms with Gasteiger partial charge in [-0.15, -0.1) is 0 Å². The lowest BCUT2D eigenvalue weighted by Crippen LogP contribution is -2.53. The number of halogens is 1. The molecule has 112 valence electrons. The Bertz CT molecular complexity index is 737. The van der Waals surface area contributed by atoms with Crippen LogP contribution in [0.5, 0.6) is 0 Å². The number of hydrogen-bond acceptors (Lipinski definition) is 4. The minimum Gasteiger partial charge on any atom is -0.480 e. The molecular formula is C13H13FN2O4S. The predicted molar refractivity (Wildman–Crippen MR) is 70.2 cm³/mol. The van der Waals surface area contributed by atoms with Crippen molar-refractivity contribution in [2.24, 2.45) is 5.92 Å². The number of hydrogen-bond donors (Lipinski definition) is 2. The molecule has 2 N–H and O–H groups in total. The number of carboxylic acids is 1. The second-order valence-electron chi connectivity index (χ2n) is 5.11. The van der Waals surface area contributed by atoms with Gasteiger partial charge in [-0.1, -0.05) is 6.07 Å². The van der Waals surface area contributed by atoms with Crippen LogP contribution in [0, 0.1) is 23.1 Å². The first kappa shape index (κ1) is 15.4. The molecule has 21 heavy (non-hydrogen) atoms. The second-order valence-corrected chi connectivity index (χ2v) is 6.76. The fourth-order valence-corrected chi connectivity index (χ4v) is 3.72. The van der Waals surface area contributed by atoms with Gasteiger partial charge in [0.1, 0.15) is 27.9 Å². The molecule has 0 aliphatic heterocycles. The monoisotopic (exact) mass is 312 g/mol. The van der Waals surface area contributed by atoms with Crippen LogP contribution in [0.4, 0.5) is 4.39 Å². The standard InChI is InChI=1S/C13H13FN2O4S/c1-13(12(17)18,8-5-6-8)16-21(19,20)11-4-2-3-10(14)9(11)7-15/h2-4,8,16H,5-6H2,1H3,(H,17,18). The fraction of sp³-hybridized carbons (Fsp3) is 0.385. The first-order valence-corrected chi connectivity index (χ1v) is 7.66. The summed E-state index contributed by atoms with van der Waals surface area (Å²) in [5, 5.41) is 18.2.